The van der Waals surface area contributed by atoms with Gasteiger partial charge in [0.2, 0.25) is 0 Å². The lowest BCUT2D eigenvalue weighted by Crippen LogP contribution is -2.15. The van der Waals surface area contributed by atoms with Crippen LogP contribution in [0.5, 0.6) is 11.5 Å². The average molecular weight is 419 g/mol. The Bertz CT molecular complexity index is 872. The van der Waals surface area contributed by atoms with Crippen molar-refractivity contribution in [3.05, 3.63) is 58.3 Å². The van der Waals surface area contributed by atoms with Gasteiger partial charge in [0.25, 0.3) is 0 Å². The fourth-order valence-corrected chi connectivity index (χ4v) is 4.11. The van der Waals surface area contributed by atoms with Crippen molar-refractivity contribution < 1.29 is 9.47 Å². The molecule has 8 heteroatoms. The smallest absolute Gasteiger partial charge is 0.166 e. The number of thioether (sulfide) groups is 1. The highest BCUT2D eigenvalue weighted by Gasteiger charge is 2.15. The van der Waals surface area contributed by atoms with Crippen LogP contribution in [-0.4, -0.2) is 33.4 Å². The van der Waals surface area contributed by atoms with Gasteiger partial charge in [0, 0.05) is 10.2 Å². The summed E-state index contributed by atoms with van der Waals surface area (Å²) in [4.78, 5) is 0. The van der Waals surface area contributed by atoms with Crippen molar-refractivity contribution in [2.45, 2.75) is 11.5 Å². The number of tetrazole rings is 1. The summed E-state index contributed by atoms with van der Waals surface area (Å²) in [7, 11) is 0. The van der Waals surface area contributed by atoms with Crippen LogP contribution >= 0.6 is 27.7 Å². The number of rotatable bonds is 5. The zero-order chi connectivity index (χ0) is 17.1. The fourth-order valence-electron chi connectivity index (χ4n) is 2.53. The Morgan fingerprint density at radius 1 is 1.04 bits per heavy atom. The number of hydrogen-bond acceptors (Lipinski definition) is 6. The molecule has 128 valence electrons. The first kappa shape index (κ1) is 16.4. The lowest BCUT2D eigenvalue weighted by molar-refractivity contribution is 0.171. The molecule has 0 spiro atoms. The molecule has 4 rings (SSSR count). The maximum Gasteiger partial charge on any atom is 0.166 e. The molecule has 1 aromatic heterocycles. The van der Waals surface area contributed by atoms with E-state index in [-0.39, 0.29) is 0 Å². The highest BCUT2D eigenvalue weighted by Crippen LogP contribution is 2.37. The molecule has 1 aliphatic rings. The number of benzene rings is 2. The molecule has 2 aromatic carbocycles. The van der Waals surface area contributed by atoms with Crippen molar-refractivity contribution in [2.75, 3.05) is 13.2 Å². The van der Waals surface area contributed by atoms with Crippen LogP contribution in [-0.2, 0) is 11.5 Å². The Kier molecular flexibility index (Phi) is 4.89. The minimum absolute atomic E-state index is 0.590. The largest absolute Gasteiger partial charge is 0.486 e. The Morgan fingerprint density at radius 3 is 2.60 bits per heavy atom. The fraction of sp³-hybridized carbons (Fsp3) is 0.235. The van der Waals surface area contributed by atoms with Gasteiger partial charge in [0.05, 0.1) is 11.4 Å². The first-order valence-electron chi connectivity index (χ1n) is 7.80. The summed E-state index contributed by atoms with van der Waals surface area (Å²) in [5.74, 6) is 3.95. The van der Waals surface area contributed by atoms with E-state index in [1.165, 1.54) is 0 Å². The zero-order valence-electron chi connectivity index (χ0n) is 13.3. The summed E-state index contributed by atoms with van der Waals surface area (Å²) in [5, 5.41) is 12.0. The molecule has 0 atom stereocenters. The molecule has 1 aliphatic heterocycles. The topological polar surface area (TPSA) is 62.1 Å². The first-order valence-corrected chi connectivity index (χ1v) is 9.74. The number of halogens is 1. The van der Waals surface area contributed by atoms with E-state index in [1.807, 2.05) is 42.5 Å². The first-order chi connectivity index (χ1) is 12.3. The second-order valence-electron chi connectivity index (χ2n) is 5.42. The molecule has 0 fully saturated rings. The molecule has 2 heterocycles. The lowest BCUT2D eigenvalue weighted by atomic mass is 10.2. The number of fused-ring (bicyclic) bond motifs is 1. The predicted octanol–water partition coefficient (Wildman–Crippen LogP) is 3.63. The molecule has 6 nitrogen and oxygen atoms in total. The van der Waals surface area contributed by atoms with Crippen LogP contribution in [0.2, 0.25) is 0 Å². The predicted molar refractivity (Wildman–Crippen MR) is 99.3 cm³/mol. The van der Waals surface area contributed by atoms with Crippen LogP contribution in [0.1, 0.15) is 11.4 Å². The molecule has 0 N–H and O–H groups in total. The van der Waals surface area contributed by atoms with Crippen LogP contribution in [0.3, 0.4) is 0 Å². The van der Waals surface area contributed by atoms with Crippen molar-refractivity contribution in [3.8, 4) is 17.2 Å². The minimum Gasteiger partial charge on any atom is -0.486 e. The van der Waals surface area contributed by atoms with Crippen molar-refractivity contribution in [1.82, 2.24) is 20.2 Å². The molecule has 0 amide bonds. The zero-order valence-corrected chi connectivity index (χ0v) is 15.7. The summed E-state index contributed by atoms with van der Waals surface area (Å²) < 4.78 is 14.0. The van der Waals surface area contributed by atoms with Crippen molar-refractivity contribution >= 4 is 27.7 Å². The van der Waals surface area contributed by atoms with E-state index >= 15 is 0 Å². The normalized spacial score (nSPS) is 13.0. The van der Waals surface area contributed by atoms with E-state index in [0.717, 1.165) is 38.8 Å². The van der Waals surface area contributed by atoms with Gasteiger partial charge in [-0.2, -0.15) is 4.68 Å². The highest BCUT2D eigenvalue weighted by atomic mass is 79.9. The van der Waals surface area contributed by atoms with Crippen LogP contribution in [0.4, 0.5) is 0 Å². The van der Waals surface area contributed by atoms with E-state index in [1.54, 1.807) is 16.4 Å². The average Bonchev–Trinajstić information content (AvgIpc) is 3.11. The Balaban J connectivity index is 1.45. The second kappa shape index (κ2) is 7.45. The summed E-state index contributed by atoms with van der Waals surface area (Å²) in [6.45, 7) is 1.18. The quantitative estimate of drug-likeness (QED) is 0.630. The third kappa shape index (κ3) is 3.64. The number of aromatic nitrogens is 4. The number of hydrogen-bond donors (Lipinski definition) is 0. The van der Waals surface area contributed by atoms with E-state index in [2.05, 4.69) is 31.5 Å². The monoisotopic (exact) mass is 418 g/mol. The van der Waals surface area contributed by atoms with Gasteiger partial charge in [-0.05, 0) is 40.3 Å². The number of para-hydroxylation sites is 1. The lowest BCUT2D eigenvalue weighted by Gasteiger charge is -2.19. The van der Waals surface area contributed by atoms with Gasteiger partial charge in [-0.3, -0.25) is 0 Å². The van der Waals surface area contributed by atoms with Gasteiger partial charge in [0.1, 0.15) is 13.2 Å². The van der Waals surface area contributed by atoms with Gasteiger partial charge < -0.3 is 9.47 Å². The van der Waals surface area contributed by atoms with Crippen molar-refractivity contribution in [1.29, 1.82) is 0 Å². The van der Waals surface area contributed by atoms with E-state index in [4.69, 9.17) is 9.47 Å². The summed E-state index contributed by atoms with van der Waals surface area (Å²) in [5.41, 5.74) is 2.12. The van der Waals surface area contributed by atoms with Crippen LogP contribution in [0, 0.1) is 0 Å². The molecule has 0 bridgehead atoms. The molecule has 0 unspecified atom stereocenters. The van der Waals surface area contributed by atoms with Crippen LogP contribution in [0.15, 0.2) is 46.9 Å². The molecule has 0 saturated carbocycles. The van der Waals surface area contributed by atoms with Crippen molar-refractivity contribution in [2.24, 2.45) is 0 Å². The summed E-state index contributed by atoms with van der Waals surface area (Å²) in [6, 6.07) is 13.9. The SMILES string of the molecule is Brc1cc2c(cc1CSCc1nnnn1-c1ccccc1)OCCO2. The Hall–Kier alpha value is -2.06. The van der Waals surface area contributed by atoms with Gasteiger partial charge in [0.15, 0.2) is 17.3 Å². The summed E-state index contributed by atoms with van der Waals surface area (Å²) >= 11 is 5.36. The number of nitrogens with zero attached hydrogens (tertiary/aromatic N) is 4. The molecule has 0 radical (unpaired) electrons. The van der Waals surface area contributed by atoms with Crippen LogP contribution in [0.25, 0.3) is 5.69 Å². The molecule has 0 aliphatic carbocycles. The third-order valence-corrected chi connectivity index (χ3v) is 5.45. The van der Waals surface area contributed by atoms with Gasteiger partial charge >= 0.3 is 0 Å². The minimum atomic E-state index is 0.590. The Morgan fingerprint density at radius 2 is 1.80 bits per heavy atom. The molecule has 3 aromatic rings. The van der Waals surface area contributed by atoms with Crippen LogP contribution < -0.4 is 9.47 Å². The molecular weight excluding hydrogens is 404 g/mol. The third-order valence-electron chi connectivity index (χ3n) is 3.73. The molecule has 0 saturated heterocycles. The standard InChI is InChI=1S/C17H15BrN4O2S/c18-14-9-16-15(23-6-7-24-16)8-12(14)10-25-11-17-19-20-21-22(17)13-4-2-1-3-5-13/h1-5,8-9H,6-7,10-11H2. The molecule has 25 heavy (non-hydrogen) atoms. The van der Waals surface area contributed by atoms with Gasteiger partial charge in [-0.1, -0.05) is 34.1 Å². The maximum atomic E-state index is 5.66. The second-order valence-corrected chi connectivity index (χ2v) is 7.26. The molecular formula is C17H15BrN4O2S. The highest BCUT2D eigenvalue weighted by molar-refractivity contribution is 9.10. The van der Waals surface area contributed by atoms with E-state index < -0.39 is 0 Å². The van der Waals surface area contributed by atoms with E-state index in [0.29, 0.717) is 19.0 Å². The number of ether oxygens (including phenoxy) is 2. The summed E-state index contributed by atoms with van der Waals surface area (Å²) in [6.07, 6.45) is 0. The maximum absolute atomic E-state index is 5.66. The van der Waals surface area contributed by atoms with E-state index in [9.17, 15) is 0 Å². The van der Waals surface area contributed by atoms with Gasteiger partial charge in [-0.15, -0.1) is 16.9 Å². The van der Waals surface area contributed by atoms with Crippen molar-refractivity contribution in [3.63, 3.8) is 0 Å². The Labute approximate surface area is 157 Å². The van der Waals surface area contributed by atoms with Gasteiger partial charge in [-0.25, -0.2) is 0 Å².